The van der Waals surface area contributed by atoms with E-state index in [1.54, 1.807) is 0 Å². The number of rotatable bonds is 0. The number of carbonyl (C=O) groups is 2. The third-order valence-electron chi connectivity index (χ3n) is 1.03. The maximum Gasteiger partial charge on any atom is 0.253 e. The summed E-state index contributed by atoms with van der Waals surface area (Å²) in [6, 6.07) is 0. The van der Waals surface area contributed by atoms with Gasteiger partial charge in [0, 0.05) is 19.2 Å². The van der Waals surface area contributed by atoms with E-state index in [-0.39, 0.29) is 11.8 Å². The predicted octanol–water partition coefficient (Wildman–Crippen LogP) is 0.142. The number of likely N-dealkylation sites (N-methyl/N-ethyl adjacent to an activating group) is 1. The van der Waals surface area contributed by atoms with Crippen LogP contribution in [0.3, 0.4) is 0 Å². The van der Waals surface area contributed by atoms with Gasteiger partial charge < -0.3 is 5.73 Å². The first-order chi connectivity index (χ1) is 5.72. The average Bonchev–Trinajstić information content (AvgIpc) is 2.43. The Bertz CT molecular complexity index is 158. The molecule has 0 aromatic heterocycles. The van der Waals surface area contributed by atoms with E-state index in [0.717, 1.165) is 4.90 Å². The molecule has 0 aliphatic carbocycles. The zero-order chi connectivity index (χ0) is 10.1. The van der Waals surface area contributed by atoms with E-state index < -0.39 is 0 Å². The fourth-order valence-electron chi connectivity index (χ4n) is 0.475. The highest BCUT2D eigenvalue weighted by molar-refractivity contribution is 6.12. The lowest BCUT2D eigenvalue weighted by molar-refractivity contribution is -0.135. The summed E-state index contributed by atoms with van der Waals surface area (Å²) in [5.74, 6) is -0.481. The van der Waals surface area contributed by atoms with Crippen LogP contribution in [0.5, 0.6) is 0 Å². The van der Waals surface area contributed by atoms with Gasteiger partial charge in [0.15, 0.2) is 0 Å². The zero-order valence-corrected chi connectivity index (χ0v) is 8.00. The number of nitrogens with zero attached hydrogens (tertiary/aromatic N) is 1. The van der Waals surface area contributed by atoms with Crippen LogP contribution in [0.15, 0.2) is 12.2 Å². The highest BCUT2D eigenvalue weighted by Crippen LogP contribution is 1.97. The van der Waals surface area contributed by atoms with Crippen LogP contribution in [0.1, 0.15) is 13.8 Å². The number of amides is 2. The zero-order valence-electron chi connectivity index (χ0n) is 8.00. The molecule has 0 aromatic rings. The number of nitrogens with two attached hydrogens (primary N) is 1. The summed E-state index contributed by atoms with van der Waals surface area (Å²) in [6.45, 7) is 4.00. The molecule has 1 aliphatic heterocycles. The minimum atomic E-state index is -0.241. The molecule has 4 nitrogen and oxygen atoms in total. The van der Waals surface area contributed by atoms with Crippen molar-refractivity contribution in [3.8, 4) is 0 Å². The van der Waals surface area contributed by atoms with Crippen LogP contribution < -0.4 is 5.73 Å². The molecule has 1 rings (SSSR count). The van der Waals surface area contributed by atoms with Crippen molar-refractivity contribution in [2.45, 2.75) is 13.8 Å². The van der Waals surface area contributed by atoms with Crippen LogP contribution in [0.4, 0.5) is 0 Å². The third-order valence-corrected chi connectivity index (χ3v) is 1.03. The Morgan fingerprint density at radius 2 is 1.33 bits per heavy atom. The van der Waals surface area contributed by atoms with Crippen molar-refractivity contribution in [2.24, 2.45) is 5.73 Å². The summed E-state index contributed by atoms with van der Waals surface area (Å²) in [4.78, 5) is 21.9. The Morgan fingerprint density at radius 1 is 1.08 bits per heavy atom. The first-order valence-corrected chi connectivity index (χ1v) is 3.79. The van der Waals surface area contributed by atoms with Crippen molar-refractivity contribution in [1.82, 2.24) is 4.90 Å². The van der Waals surface area contributed by atoms with Gasteiger partial charge in [0.25, 0.3) is 11.8 Å². The maximum absolute atomic E-state index is 10.4. The number of hydrogen-bond donors (Lipinski definition) is 1. The molecule has 0 bridgehead atoms. The van der Waals surface area contributed by atoms with E-state index in [9.17, 15) is 9.59 Å². The average molecular weight is 172 g/mol. The van der Waals surface area contributed by atoms with E-state index in [4.69, 9.17) is 0 Å². The van der Waals surface area contributed by atoms with Crippen LogP contribution in [0.25, 0.3) is 0 Å². The van der Waals surface area contributed by atoms with Gasteiger partial charge in [-0.05, 0) is 7.05 Å². The summed E-state index contributed by atoms with van der Waals surface area (Å²) in [5, 5.41) is 0. The van der Waals surface area contributed by atoms with E-state index >= 15 is 0 Å². The molecular formula is C8H16N2O2. The van der Waals surface area contributed by atoms with Crippen LogP contribution in [-0.2, 0) is 9.59 Å². The van der Waals surface area contributed by atoms with Gasteiger partial charge in [-0.25, -0.2) is 0 Å². The van der Waals surface area contributed by atoms with Gasteiger partial charge in [0.1, 0.15) is 0 Å². The molecule has 2 amide bonds. The molecule has 0 spiro atoms. The van der Waals surface area contributed by atoms with Gasteiger partial charge in [-0.2, -0.15) is 0 Å². The van der Waals surface area contributed by atoms with Crippen LogP contribution in [0, 0.1) is 0 Å². The minimum absolute atomic E-state index is 0.241. The van der Waals surface area contributed by atoms with Crippen molar-refractivity contribution in [3.63, 3.8) is 0 Å². The second-order valence-corrected chi connectivity index (χ2v) is 1.57. The van der Waals surface area contributed by atoms with E-state index in [1.165, 1.54) is 26.2 Å². The summed E-state index contributed by atoms with van der Waals surface area (Å²) < 4.78 is 0. The predicted molar refractivity (Wildman–Crippen MR) is 48.4 cm³/mol. The van der Waals surface area contributed by atoms with Gasteiger partial charge in [0.2, 0.25) is 0 Å². The second kappa shape index (κ2) is 7.94. The lowest BCUT2D eigenvalue weighted by Gasteiger charge is -2.01. The summed E-state index contributed by atoms with van der Waals surface area (Å²) in [7, 11) is 2.95. The molecule has 70 valence electrons. The van der Waals surface area contributed by atoms with Crippen molar-refractivity contribution < 1.29 is 9.59 Å². The smallest absolute Gasteiger partial charge is 0.253 e. The summed E-state index contributed by atoms with van der Waals surface area (Å²) in [6.07, 6.45) is 2.50. The Morgan fingerprint density at radius 3 is 1.42 bits per heavy atom. The van der Waals surface area contributed by atoms with Crippen molar-refractivity contribution in [3.05, 3.63) is 12.2 Å². The first kappa shape index (κ1) is 13.4. The van der Waals surface area contributed by atoms with Crippen molar-refractivity contribution in [1.29, 1.82) is 0 Å². The highest BCUT2D eigenvalue weighted by atomic mass is 16.2. The number of carbonyl (C=O) groups excluding carboxylic acids is 2. The first-order valence-electron chi connectivity index (χ1n) is 3.79. The molecule has 1 aliphatic rings. The molecule has 0 radical (unpaired) electrons. The second-order valence-electron chi connectivity index (χ2n) is 1.57. The van der Waals surface area contributed by atoms with E-state index in [1.807, 2.05) is 13.8 Å². The fourth-order valence-corrected chi connectivity index (χ4v) is 0.475. The quantitative estimate of drug-likeness (QED) is 0.529. The van der Waals surface area contributed by atoms with Gasteiger partial charge in [-0.3, -0.25) is 14.5 Å². The summed E-state index contributed by atoms with van der Waals surface area (Å²) >= 11 is 0. The summed E-state index contributed by atoms with van der Waals surface area (Å²) in [5.41, 5.74) is 4.50. The normalized spacial score (nSPS) is 13.2. The molecular weight excluding hydrogens is 156 g/mol. The Labute approximate surface area is 73.0 Å². The largest absolute Gasteiger partial charge is 0.333 e. The SMILES string of the molecule is CC.CN.CN1C(=O)C=CC1=O. The molecule has 4 heteroatoms. The molecule has 1 heterocycles. The topological polar surface area (TPSA) is 63.4 Å². The molecule has 0 aromatic carbocycles. The van der Waals surface area contributed by atoms with Crippen molar-refractivity contribution >= 4 is 11.8 Å². The Kier molecular flexibility index (Phi) is 8.89. The van der Waals surface area contributed by atoms with Gasteiger partial charge in [-0.1, -0.05) is 13.8 Å². The van der Waals surface area contributed by atoms with Gasteiger partial charge in [0.05, 0.1) is 0 Å². The highest BCUT2D eigenvalue weighted by Gasteiger charge is 2.17. The van der Waals surface area contributed by atoms with Crippen LogP contribution in [-0.4, -0.2) is 30.8 Å². The van der Waals surface area contributed by atoms with Crippen LogP contribution in [0.2, 0.25) is 0 Å². The van der Waals surface area contributed by atoms with Gasteiger partial charge in [-0.15, -0.1) is 0 Å². The Hall–Kier alpha value is -1.16. The van der Waals surface area contributed by atoms with Crippen molar-refractivity contribution in [2.75, 3.05) is 14.1 Å². The number of hydrogen-bond acceptors (Lipinski definition) is 3. The lowest BCUT2D eigenvalue weighted by Crippen LogP contribution is -2.24. The molecule has 0 saturated carbocycles. The van der Waals surface area contributed by atoms with Crippen LogP contribution >= 0.6 is 0 Å². The molecule has 12 heavy (non-hydrogen) atoms. The maximum atomic E-state index is 10.4. The van der Waals surface area contributed by atoms with E-state index in [2.05, 4.69) is 5.73 Å². The standard InChI is InChI=1S/C5H5NO2.C2H6.CH5N/c1-6-4(7)2-3-5(6)8;2*1-2/h2-3H,1H3;1-2H3;2H2,1H3. The molecule has 0 unspecified atom stereocenters. The molecule has 0 atom stereocenters. The number of imide groups is 1. The Balaban J connectivity index is 0. The lowest BCUT2D eigenvalue weighted by atomic mass is 10.6. The third kappa shape index (κ3) is 3.88. The minimum Gasteiger partial charge on any atom is -0.333 e. The molecule has 0 saturated heterocycles. The monoisotopic (exact) mass is 172 g/mol. The fraction of sp³-hybridized carbons (Fsp3) is 0.500. The molecule has 0 fully saturated rings. The molecule has 2 N–H and O–H groups in total. The van der Waals surface area contributed by atoms with E-state index in [0.29, 0.717) is 0 Å². The van der Waals surface area contributed by atoms with Gasteiger partial charge >= 0.3 is 0 Å².